The van der Waals surface area contributed by atoms with Gasteiger partial charge in [-0.15, -0.1) is 0 Å². The van der Waals surface area contributed by atoms with E-state index in [0.29, 0.717) is 0 Å². The first kappa shape index (κ1) is 11.0. The van der Waals surface area contributed by atoms with Crippen LogP contribution in [0, 0.1) is 5.92 Å². The molecular weight excluding hydrogens is 132 g/mol. The molecule has 0 saturated heterocycles. The van der Waals surface area contributed by atoms with Crippen molar-refractivity contribution < 1.29 is 0 Å². The molecule has 0 nitrogen and oxygen atoms in total. The monoisotopic (exact) mass is 155 g/mol. The highest BCUT2D eigenvalue weighted by molar-refractivity contribution is 4.86. The van der Waals surface area contributed by atoms with Gasteiger partial charge in [0, 0.05) is 0 Å². The van der Waals surface area contributed by atoms with Crippen LogP contribution in [0.15, 0.2) is 0 Å². The first-order valence-electron chi connectivity index (χ1n) is 5.18. The van der Waals surface area contributed by atoms with E-state index in [2.05, 4.69) is 20.8 Å². The Morgan fingerprint density at radius 1 is 0.818 bits per heavy atom. The van der Waals surface area contributed by atoms with Crippen molar-refractivity contribution in [1.82, 2.24) is 0 Å². The van der Waals surface area contributed by atoms with E-state index in [1.807, 2.05) is 0 Å². The number of hydrogen-bond donors (Lipinski definition) is 0. The molecule has 0 amide bonds. The minimum atomic E-state index is 1.30. The summed E-state index contributed by atoms with van der Waals surface area (Å²) in [5.74, 6) is 1.78. The molecule has 0 aliphatic carbocycles. The van der Waals surface area contributed by atoms with Crippen molar-refractivity contribution in [3.63, 3.8) is 0 Å². The Balaban J connectivity index is 3.20. The molecule has 0 spiro atoms. The molecule has 0 heteroatoms. The minimum Gasteiger partial charge on any atom is -0.0654 e. The molecule has 0 aromatic heterocycles. The Morgan fingerprint density at radius 3 is 2.00 bits per heavy atom. The first-order chi connectivity index (χ1) is 5.35. The summed E-state index contributed by atoms with van der Waals surface area (Å²) in [4.78, 5) is 0. The Labute approximate surface area is 72.4 Å². The molecule has 0 bridgehead atoms. The van der Waals surface area contributed by atoms with E-state index >= 15 is 0 Å². The summed E-state index contributed by atoms with van der Waals surface area (Å²) in [6, 6.07) is 0. The van der Waals surface area contributed by atoms with E-state index in [1.165, 1.54) is 44.9 Å². The second kappa shape index (κ2) is 8.10. The Morgan fingerprint density at radius 2 is 1.55 bits per heavy atom. The standard InChI is InChI=1S/C11H23/c1-4-7-8-10-11(6-3)9-5-2/h4-10H2,1-3H3. The van der Waals surface area contributed by atoms with Gasteiger partial charge in [0.15, 0.2) is 0 Å². The predicted molar refractivity (Wildman–Crippen MR) is 52.6 cm³/mol. The van der Waals surface area contributed by atoms with E-state index in [-0.39, 0.29) is 0 Å². The molecular formula is C11H23. The Kier molecular flexibility index (Phi) is 8.10. The van der Waals surface area contributed by atoms with Gasteiger partial charge in [0.25, 0.3) is 0 Å². The molecule has 0 aliphatic rings. The summed E-state index contributed by atoms with van der Waals surface area (Å²) in [6.45, 7) is 6.83. The fourth-order valence-electron chi connectivity index (χ4n) is 1.46. The van der Waals surface area contributed by atoms with Crippen LogP contribution >= 0.6 is 0 Å². The third-order valence-electron chi connectivity index (χ3n) is 2.24. The topological polar surface area (TPSA) is 0 Å². The summed E-state index contributed by atoms with van der Waals surface area (Å²) in [5, 5.41) is 0. The van der Waals surface area contributed by atoms with Crippen LogP contribution in [-0.4, -0.2) is 0 Å². The lowest BCUT2D eigenvalue weighted by atomic mass is 9.94. The number of rotatable bonds is 7. The van der Waals surface area contributed by atoms with Crippen molar-refractivity contribution in [2.45, 2.75) is 65.7 Å². The largest absolute Gasteiger partial charge is 0.0654 e. The van der Waals surface area contributed by atoms with Gasteiger partial charge >= 0.3 is 0 Å². The maximum Gasteiger partial charge on any atom is -0.0244 e. The van der Waals surface area contributed by atoms with Crippen LogP contribution in [0.5, 0.6) is 0 Å². The third kappa shape index (κ3) is 6.40. The first-order valence-corrected chi connectivity index (χ1v) is 5.18. The molecule has 0 aromatic carbocycles. The molecule has 0 aromatic rings. The van der Waals surface area contributed by atoms with Gasteiger partial charge in [0.2, 0.25) is 0 Å². The molecule has 0 saturated carbocycles. The summed E-state index contributed by atoms with van der Waals surface area (Å²) in [7, 11) is 0. The van der Waals surface area contributed by atoms with Crippen molar-refractivity contribution in [3.05, 3.63) is 5.92 Å². The fraction of sp³-hybridized carbons (Fsp3) is 0.909. The molecule has 0 unspecified atom stereocenters. The molecule has 0 fully saturated rings. The van der Waals surface area contributed by atoms with E-state index in [9.17, 15) is 0 Å². The zero-order valence-corrected chi connectivity index (χ0v) is 8.45. The van der Waals surface area contributed by atoms with Gasteiger partial charge in [0.05, 0.1) is 0 Å². The molecule has 0 atom stereocenters. The Bertz CT molecular complexity index is 66.4. The second-order valence-corrected chi connectivity index (χ2v) is 3.31. The van der Waals surface area contributed by atoms with Crippen LogP contribution in [0.3, 0.4) is 0 Å². The zero-order chi connectivity index (χ0) is 8.53. The molecule has 0 aliphatic heterocycles. The van der Waals surface area contributed by atoms with E-state index in [1.54, 1.807) is 5.92 Å². The van der Waals surface area contributed by atoms with Crippen LogP contribution in [-0.2, 0) is 0 Å². The maximum atomic E-state index is 2.29. The smallest absolute Gasteiger partial charge is 0.0244 e. The Hall–Kier alpha value is 0. The number of unbranched alkanes of at least 4 members (excludes halogenated alkanes) is 2. The van der Waals surface area contributed by atoms with Crippen molar-refractivity contribution in [1.29, 1.82) is 0 Å². The summed E-state index contributed by atoms with van der Waals surface area (Å²) in [5.41, 5.74) is 0. The van der Waals surface area contributed by atoms with Gasteiger partial charge in [0.1, 0.15) is 0 Å². The van der Waals surface area contributed by atoms with Crippen molar-refractivity contribution in [2.24, 2.45) is 0 Å². The van der Waals surface area contributed by atoms with Crippen molar-refractivity contribution in [3.8, 4) is 0 Å². The zero-order valence-electron chi connectivity index (χ0n) is 8.45. The van der Waals surface area contributed by atoms with Crippen LogP contribution in [0.2, 0.25) is 0 Å². The highest BCUT2D eigenvalue weighted by Crippen LogP contribution is 2.20. The fourth-order valence-corrected chi connectivity index (χ4v) is 1.46. The maximum absolute atomic E-state index is 2.29. The van der Waals surface area contributed by atoms with E-state index in [4.69, 9.17) is 0 Å². The van der Waals surface area contributed by atoms with Gasteiger partial charge in [-0.3, -0.25) is 0 Å². The molecule has 11 heavy (non-hydrogen) atoms. The van der Waals surface area contributed by atoms with Gasteiger partial charge in [-0.05, 0) is 25.2 Å². The van der Waals surface area contributed by atoms with Gasteiger partial charge in [-0.25, -0.2) is 0 Å². The highest BCUT2D eigenvalue weighted by atomic mass is 14.1. The van der Waals surface area contributed by atoms with Gasteiger partial charge in [-0.1, -0.05) is 46.5 Å². The lowest BCUT2D eigenvalue weighted by Gasteiger charge is -2.11. The SMILES string of the molecule is CCCCC[C](CC)CCC. The van der Waals surface area contributed by atoms with E-state index < -0.39 is 0 Å². The summed E-state index contributed by atoms with van der Waals surface area (Å²) >= 11 is 0. The lowest BCUT2D eigenvalue weighted by molar-refractivity contribution is 0.604. The average Bonchev–Trinajstić information content (AvgIpc) is 2.03. The molecule has 0 N–H and O–H groups in total. The highest BCUT2D eigenvalue weighted by Gasteiger charge is 2.03. The summed E-state index contributed by atoms with van der Waals surface area (Å²) < 4.78 is 0. The minimum absolute atomic E-state index is 1.30. The van der Waals surface area contributed by atoms with Crippen LogP contribution in [0.4, 0.5) is 0 Å². The molecule has 0 rings (SSSR count). The lowest BCUT2D eigenvalue weighted by Crippen LogP contribution is -1.94. The van der Waals surface area contributed by atoms with Crippen LogP contribution in [0.25, 0.3) is 0 Å². The van der Waals surface area contributed by atoms with Crippen molar-refractivity contribution >= 4 is 0 Å². The van der Waals surface area contributed by atoms with Crippen LogP contribution < -0.4 is 0 Å². The second-order valence-electron chi connectivity index (χ2n) is 3.31. The predicted octanol–water partition coefficient (Wildman–Crippen LogP) is 4.35. The normalized spacial score (nSPS) is 10.9. The van der Waals surface area contributed by atoms with Gasteiger partial charge < -0.3 is 0 Å². The third-order valence-corrected chi connectivity index (χ3v) is 2.24. The quantitative estimate of drug-likeness (QED) is 0.479. The van der Waals surface area contributed by atoms with Gasteiger partial charge in [-0.2, -0.15) is 0 Å². The van der Waals surface area contributed by atoms with Crippen molar-refractivity contribution in [2.75, 3.05) is 0 Å². The molecule has 67 valence electrons. The average molecular weight is 155 g/mol. The number of hydrogen-bond acceptors (Lipinski definition) is 0. The summed E-state index contributed by atoms with van der Waals surface area (Å²) in [6.07, 6.45) is 9.56. The molecule has 1 radical (unpaired) electrons. The van der Waals surface area contributed by atoms with Crippen LogP contribution in [0.1, 0.15) is 65.7 Å². The van der Waals surface area contributed by atoms with E-state index in [0.717, 1.165) is 0 Å². The molecule has 0 heterocycles.